The van der Waals surface area contributed by atoms with Crippen LogP contribution in [0.3, 0.4) is 0 Å². The summed E-state index contributed by atoms with van der Waals surface area (Å²) in [6, 6.07) is 0. The monoisotopic (exact) mass is 260 g/mol. The summed E-state index contributed by atoms with van der Waals surface area (Å²) < 4.78 is 37.4. The molecule has 6 nitrogen and oxygen atoms in total. The van der Waals surface area contributed by atoms with Gasteiger partial charge < -0.3 is 4.90 Å². The third-order valence-electron chi connectivity index (χ3n) is 2.66. The van der Waals surface area contributed by atoms with E-state index in [1.54, 1.807) is 4.90 Å². The maximum absolute atomic E-state index is 13.4. The molecule has 0 N–H and O–H groups in total. The summed E-state index contributed by atoms with van der Waals surface area (Å²) in [4.78, 5) is 9.16. The van der Waals surface area contributed by atoms with Crippen molar-refractivity contribution >= 4 is 15.8 Å². The van der Waals surface area contributed by atoms with E-state index in [0.717, 1.165) is 6.20 Å². The Morgan fingerprint density at radius 1 is 1.29 bits per heavy atom. The summed E-state index contributed by atoms with van der Waals surface area (Å²) in [5.74, 6) is -0.256. The SMILES string of the molecule is CS(=O)(=O)N1CCN(c2ncncc2F)CC1. The van der Waals surface area contributed by atoms with Gasteiger partial charge in [-0.1, -0.05) is 0 Å². The molecule has 2 rings (SSSR count). The van der Waals surface area contributed by atoms with Gasteiger partial charge in [-0.25, -0.2) is 22.8 Å². The molecule has 94 valence electrons. The molecule has 0 atom stereocenters. The second kappa shape index (κ2) is 4.53. The lowest BCUT2D eigenvalue weighted by atomic mass is 10.3. The number of sulfonamides is 1. The number of nitrogens with zero attached hydrogens (tertiary/aromatic N) is 4. The van der Waals surface area contributed by atoms with Crippen LogP contribution in [0.25, 0.3) is 0 Å². The van der Waals surface area contributed by atoms with Gasteiger partial charge in [0.2, 0.25) is 10.0 Å². The molecular weight excluding hydrogens is 247 g/mol. The highest BCUT2D eigenvalue weighted by atomic mass is 32.2. The van der Waals surface area contributed by atoms with Gasteiger partial charge in [-0.3, -0.25) is 0 Å². The van der Waals surface area contributed by atoms with Crippen LogP contribution in [0.15, 0.2) is 12.5 Å². The van der Waals surface area contributed by atoms with E-state index in [-0.39, 0.29) is 5.82 Å². The third-order valence-corrected chi connectivity index (χ3v) is 3.96. The van der Waals surface area contributed by atoms with Crippen molar-refractivity contribution in [2.24, 2.45) is 0 Å². The standard InChI is InChI=1S/C9H13FN4O2S/c1-17(15,16)14-4-2-13(3-5-14)9-8(10)6-11-7-12-9/h6-7H,2-5H2,1H3. The quantitative estimate of drug-likeness (QED) is 0.730. The molecule has 0 amide bonds. The van der Waals surface area contributed by atoms with Gasteiger partial charge in [0, 0.05) is 26.2 Å². The fourth-order valence-electron chi connectivity index (χ4n) is 1.77. The van der Waals surface area contributed by atoms with Gasteiger partial charge in [0.05, 0.1) is 12.5 Å². The minimum Gasteiger partial charge on any atom is -0.351 e. The molecule has 0 radical (unpaired) electrons. The summed E-state index contributed by atoms with van der Waals surface area (Å²) in [5, 5.41) is 0. The van der Waals surface area contributed by atoms with E-state index in [2.05, 4.69) is 9.97 Å². The van der Waals surface area contributed by atoms with Crippen molar-refractivity contribution in [3.05, 3.63) is 18.3 Å². The van der Waals surface area contributed by atoms with Gasteiger partial charge in [-0.15, -0.1) is 0 Å². The maximum Gasteiger partial charge on any atom is 0.211 e. The Balaban J connectivity index is 2.08. The highest BCUT2D eigenvalue weighted by Gasteiger charge is 2.25. The lowest BCUT2D eigenvalue weighted by molar-refractivity contribution is 0.384. The zero-order valence-corrected chi connectivity index (χ0v) is 10.2. The van der Waals surface area contributed by atoms with Crippen molar-refractivity contribution in [2.75, 3.05) is 37.3 Å². The second-order valence-electron chi connectivity index (χ2n) is 3.84. The van der Waals surface area contributed by atoms with E-state index in [4.69, 9.17) is 0 Å². The third kappa shape index (κ3) is 2.70. The smallest absolute Gasteiger partial charge is 0.211 e. The van der Waals surface area contributed by atoms with Gasteiger partial charge >= 0.3 is 0 Å². The van der Waals surface area contributed by atoms with Crippen LogP contribution < -0.4 is 4.90 Å². The molecule has 0 bridgehead atoms. The molecule has 1 aliphatic rings. The molecule has 0 unspecified atom stereocenters. The van der Waals surface area contributed by atoms with Crippen LogP contribution in [0.2, 0.25) is 0 Å². The molecule has 0 saturated carbocycles. The molecule has 1 saturated heterocycles. The van der Waals surface area contributed by atoms with E-state index in [1.807, 2.05) is 0 Å². The lowest BCUT2D eigenvalue weighted by Gasteiger charge is -2.33. The van der Waals surface area contributed by atoms with E-state index in [1.165, 1.54) is 16.9 Å². The Kier molecular flexibility index (Phi) is 3.25. The fourth-order valence-corrected chi connectivity index (χ4v) is 2.60. The van der Waals surface area contributed by atoms with Crippen LogP contribution in [0.4, 0.5) is 10.2 Å². The minimum absolute atomic E-state index is 0.230. The lowest BCUT2D eigenvalue weighted by Crippen LogP contribution is -2.48. The number of hydrogen-bond acceptors (Lipinski definition) is 5. The second-order valence-corrected chi connectivity index (χ2v) is 5.83. The zero-order chi connectivity index (χ0) is 12.5. The predicted octanol–water partition coefficient (Wildman–Crippen LogP) is -0.303. The number of hydrogen-bond donors (Lipinski definition) is 0. The van der Waals surface area contributed by atoms with E-state index < -0.39 is 15.8 Å². The first-order chi connectivity index (χ1) is 7.98. The number of halogens is 1. The Bertz CT molecular complexity index is 499. The Morgan fingerprint density at radius 3 is 2.47 bits per heavy atom. The molecule has 1 aromatic rings. The molecule has 0 aromatic carbocycles. The average molecular weight is 260 g/mol. The average Bonchev–Trinajstić information content (AvgIpc) is 2.29. The first kappa shape index (κ1) is 12.2. The van der Waals surface area contributed by atoms with Gasteiger partial charge in [0.1, 0.15) is 6.33 Å². The molecule has 2 heterocycles. The predicted molar refractivity (Wildman–Crippen MR) is 60.6 cm³/mol. The van der Waals surface area contributed by atoms with E-state index in [9.17, 15) is 12.8 Å². The van der Waals surface area contributed by atoms with E-state index in [0.29, 0.717) is 26.2 Å². The Morgan fingerprint density at radius 2 is 1.94 bits per heavy atom. The van der Waals surface area contributed by atoms with Gasteiger partial charge in [0.15, 0.2) is 11.6 Å². The molecule has 0 spiro atoms. The summed E-state index contributed by atoms with van der Waals surface area (Å²) in [5.41, 5.74) is 0. The van der Waals surface area contributed by atoms with Crippen LogP contribution in [0.1, 0.15) is 0 Å². The van der Waals surface area contributed by atoms with Crippen LogP contribution in [0.5, 0.6) is 0 Å². The molecule has 1 aliphatic heterocycles. The Labute approximate surface area is 99.1 Å². The van der Waals surface area contributed by atoms with Crippen LogP contribution in [-0.2, 0) is 10.0 Å². The first-order valence-electron chi connectivity index (χ1n) is 5.14. The molecule has 1 fully saturated rings. The van der Waals surface area contributed by atoms with E-state index >= 15 is 0 Å². The zero-order valence-electron chi connectivity index (χ0n) is 9.37. The van der Waals surface area contributed by atoms with Crippen molar-refractivity contribution in [1.82, 2.24) is 14.3 Å². The van der Waals surface area contributed by atoms with Crippen LogP contribution in [0, 0.1) is 5.82 Å². The van der Waals surface area contributed by atoms with Crippen molar-refractivity contribution in [2.45, 2.75) is 0 Å². The fraction of sp³-hybridized carbons (Fsp3) is 0.556. The summed E-state index contributed by atoms with van der Waals surface area (Å²) >= 11 is 0. The number of rotatable bonds is 2. The van der Waals surface area contributed by atoms with Gasteiger partial charge in [-0.05, 0) is 0 Å². The Hall–Kier alpha value is -1.28. The van der Waals surface area contributed by atoms with Gasteiger partial charge in [0.25, 0.3) is 0 Å². The van der Waals surface area contributed by atoms with Crippen LogP contribution in [-0.4, -0.2) is 55.1 Å². The first-order valence-corrected chi connectivity index (χ1v) is 6.99. The molecule has 0 aliphatic carbocycles. The summed E-state index contributed by atoms with van der Waals surface area (Å²) in [6.07, 6.45) is 3.56. The van der Waals surface area contributed by atoms with Crippen molar-refractivity contribution in [3.63, 3.8) is 0 Å². The molecular formula is C9H13FN4O2S. The molecule has 1 aromatic heterocycles. The summed E-state index contributed by atoms with van der Waals surface area (Å²) in [7, 11) is -3.16. The van der Waals surface area contributed by atoms with Crippen molar-refractivity contribution in [1.29, 1.82) is 0 Å². The largest absolute Gasteiger partial charge is 0.351 e. The highest BCUT2D eigenvalue weighted by molar-refractivity contribution is 7.88. The van der Waals surface area contributed by atoms with Crippen molar-refractivity contribution < 1.29 is 12.8 Å². The highest BCUT2D eigenvalue weighted by Crippen LogP contribution is 2.17. The van der Waals surface area contributed by atoms with Gasteiger partial charge in [-0.2, -0.15) is 4.31 Å². The molecule has 8 heteroatoms. The topological polar surface area (TPSA) is 66.4 Å². The number of aromatic nitrogens is 2. The number of piperazine rings is 1. The normalized spacial score (nSPS) is 18.4. The van der Waals surface area contributed by atoms with Crippen molar-refractivity contribution in [3.8, 4) is 0 Å². The number of anilines is 1. The maximum atomic E-state index is 13.4. The summed E-state index contributed by atoms with van der Waals surface area (Å²) in [6.45, 7) is 1.56. The molecule has 17 heavy (non-hydrogen) atoms. The van der Waals surface area contributed by atoms with Crippen LogP contribution >= 0.6 is 0 Å². The minimum atomic E-state index is -3.16.